The van der Waals surface area contributed by atoms with Gasteiger partial charge in [0.25, 0.3) is 5.56 Å². The van der Waals surface area contributed by atoms with E-state index in [2.05, 4.69) is 4.98 Å². The molecule has 3 nitrogen and oxygen atoms in total. The molecule has 0 saturated carbocycles. The van der Waals surface area contributed by atoms with Crippen LogP contribution >= 0.6 is 11.6 Å². The highest BCUT2D eigenvalue weighted by Gasteiger charge is 2.18. The normalized spacial score (nSPS) is 10.9. The van der Waals surface area contributed by atoms with Gasteiger partial charge in [-0.25, -0.2) is 0 Å². The summed E-state index contributed by atoms with van der Waals surface area (Å²) in [5.74, 6) is -0.265. The number of hydrogen-bond donors (Lipinski definition) is 1. The molecular formula is C18H14ClNO2. The van der Waals surface area contributed by atoms with Crippen molar-refractivity contribution in [1.29, 1.82) is 0 Å². The molecule has 2 aromatic carbocycles. The van der Waals surface area contributed by atoms with Crippen molar-refractivity contribution >= 4 is 28.3 Å². The minimum atomic E-state index is -0.377. The van der Waals surface area contributed by atoms with Crippen LogP contribution in [0.1, 0.15) is 22.8 Å². The van der Waals surface area contributed by atoms with Gasteiger partial charge in [-0.3, -0.25) is 9.59 Å². The summed E-state index contributed by atoms with van der Waals surface area (Å²) in [6.07, 6.45) is 0. The van der Waals surface area contributed by atoms with E-state index in [-0.39, 0.29) is 16.9 Å². The van der Waals surface area contributed by atoms with Gasteiger partial charge in [0.05, 0.1) is 5.56 Å². The number of hydrogen-bond acceptors (Lipinski definition) is 2. The molecule has 1 aromatic heterocycles. The number of aromatic nitrogens is 1. The van der Waals surface area contributed by atoms with Gasteiger partial charge in [0, 0.05) is 21.5 Å². The van der Waals surface area contributed by atoms with Crippen LogP contribution < -0.4 is 5.56 Å². The highest BCUT2D eigenvalue weighted by atomic mass is 35.5. The first kappa shape index (κ1) is 14.5. The summed E-state index contributed by atoms with van der Waals surface area (Å²) >= 11 is 6.10. The number of halogens is 1. The Morgan fingerprint density at radius 3 is 2.41 bits per heavy atom. The lowest BCUT2D eigenvalue weighted by atomic mass is 9.94. The molecule has 3 aromatic rings. The summed E-state index contributed by atoms with van der Waals surface area (Å²) in [4.78, 5) is 27.1. The molecule has 110 valence electrons. The maximum Gasteiger partial charge on any atom is 0.259 e. The number of fused-ring (bicyclic) bond motifs is 1. The number of aryl methyl sites for hydroxylation is 1. The number of carbonyl (C=O) groups is 1. The third-order valence-corrected chi connectivity index (χ3v) is 3.90. The number of ketones is 1. The van der Waals surface area contributed by atoms with Gasteiger partial charge in [-0.15, -0.1) is 0 Å². The summed E-state index contributed by atoms with van der Waals surface area (Å²) in [6, 6.07) is 13.0. The lowest BCUT2D eigenvalue weighted by Crippen LogP contribution is -2.18. The fourth-order valence-electron chi connectivity index (χ4n) is 2.62. The van der Waals surface area contributed by atoms with Gasteiger partial charge in [0.1, 0.15) is 0 Å². The van der Waals surface area contributed by atoms with E-state index in [0.717, 1.165) is 16.5 Å². The van der Waals surface area contributed by atoms with Crippen LogP contribution in [0.3, 0.4) is 0 Å². The van der Waals surface area contributed by atoms with E-state index in [1.807, 2.05) is 31.2 Å². The minimum absolute atomic E-state index is 0.165. The topological polar surface area (TPSA) is 49.9 Å². The Morgan fingerprint density at radius 2 is 1.77 bits per heavy atom. The molecule has 0 aliphatic heterocycles. The second-order valence-corrected chi connectivity index (χ2v) is 5.75. The lowest BCUT2D eigenvalue weighted by molar-refractivity contribution is 0.101. The minimum Gasteiger partial charge on any atom is -0.321 e. The number of nitrogens with one attached hydrogen (secondary N) is 1. The zero-order chi connectivity index (χ0) is 15.9. The van der Waals surface area contributed by atoms with Crippen LogP contribution in [0, 0.1) is 6.92 Å². The molecule has 0 fully saturated rings. The average molecular weight is 312 g/mol. The molecule has 0 unspecified atom stereocenters. The number of carbonyl (C=O) groups excluding carboxylic acids is 1. The standard InChI is InChI=1S/C18H14ClNO2/c1-10-3-5-12(6-4-10)17-14-9-13(19)7-8-15(14)20-18(22)16(17)11(2)21/h3-9H,1-2H3,(H,20,22). The molecule has 4 heteroatoms. The van der Waals surface area contributed by atoms with Gasteiger partial charge in [-0.05, 0) is 37.6 Å². The highest BCUT2D eigenvalue weighted by molar-refractivity contribution is 6.31. The van der Waals surface area contributed by atoms with Gasteiger partial charge in [-0.1, -0.05) is 41.4 Å². The van der Waals surface area contributed by atoms with Crippen molar-refractivity contribution in [2.24, 2.45) is 0 Å². The second-order valence-electron chi connectivity index (χ2n) is 5.32. The van der Waals surface area contributed by atoms with Gasteiger partial charge in [0.15, 0.2) is 5.78 Å². The van der Waals surface area contributed by atoms with Crippen LogP contribution in [0.25, 0.3) is 22.0 Å². The number of benzene rings is 2. The van der Waals surface area contributed by atoms with Gasteiger partial charge in [0.2, 0.25) is 0 Å². The highest BCUT2D eigenvalue weighted by Crippen LogP contribution is 2.31. The lowest BCUT2D eigenvalue weighted by Gasteiger charge is -2.12. The van der Waals surface area contributed by atoms with Crippen molar-refractivity contribution in [1.82, 2.24) is 4.98 Å². The second kappa shape index (κ2) is 5.43. The molecule has 22 heavy (non-hydrogen) atoms. The molecule has 0 aliphatic rings. The first-order chi connectivity index (χ1) is 10.5. The number of Topliss-reactive ketones (excluding diaryl/α,β-unsaturated/α-hetero) is 1. The van der Waals surface area contributed by atoms with Gasteiger partial charge < -0.3 is 4.98 Å². The fraction of sp³-hybridized carbons (Fsp3) is 0.111. The Labute approximate surface area is 132 Å². The SMILES string of the molecule is CC(=O)c1c(-c2ccc(C)cc2)c2cc(Cl)ccc2[nH]c1=O. The zero-order valence-electron chi connectivity index (χ0n) is 12.2. The van der Waals surface area contributed by atoms with Gasteiger partial charge >= 0.3 is 0 Å². The molecule has 1 heterocycles. The molecule has 0 aliphatic carbocycles. The van der Waals surface area contributed by atoms with E-state index in [1.54, 1.807) is 18.2 Å². The number of aromatic amines is 1. The van der Waals surface area contributed by atoms with E-state index in [1.165, 1.54) is 6.92 Å². The molecule has 0 spiro atoms. The fourth-order valence-corrected chi connectivity index (χ4v) is 2.79. The van der Waals surface area contributed by atoms with Crippen LogP contribution in [0.2, 0.25) is 5.02 Å². The van der Waals surface area contributed by atoms with E-state index in [0.29, 0.717) is 16.1 Å². The number of H-pyrrole nitrogens is 1. The van der Waals surface area contributed by atoms with E-state index in [9.17, 15) is 9.59 Å². The first-order valence-corrected chi connectivity index (χ1v) is 7.28. The average Bonchev–Trinajstić information content (AvgIpc) is 2.47. The summed E-state index contributed by atoms with van der Waals surface area (Å²) < 4.78 is 0. The zero-order valence-corrected chi connectivity index (χ0v) is 13.0. The van der Waals surface area contributed by atoms with E-state index in [4.69, 9.17) is 11.6 Å². The van der Waals surface area contributed by atoms with Crippen LogP contribution in [0.5, 0.6) is 0 Å². The first-order valence-electron chi connectivity index (χ1n) is 6.91. The van der Waals surface area contributed by atoms with E-state index < -0.39 is 0 Å². The van der Waals surface area contributed by atoms with Crippen molar-refractivity contribution in [3.05, 3.63) is 69.0 Å². The van der Waals surface area contributed by atoms with Crippen molar-refractivity contribution in [2.45, 2.75) is 13.8 Å². The van der Waals surface area contributed by atoms with Crippen molar-refractivity contribution in [3.8, 4) is 11.1 Å². The Hall–Kier alpha value is -2.39. The molecule has 0 atom stereocenters. The summed E-state index contributed by atoms with van der Waals surface area (Å²) in [7, 11) is 0. The Bertz CT molecular complexity index is 940. The monoisotopic (exact) mass is 311 g/mol. The Kier molecular flexibility index (Phi) is 3.59. The molecule has 0 amide bonds. The Balaban J connectivity index is 2.49. The number of rotatable bonds is 2. The van der Waals surface area contributed by atoms with Crippen LogP contribution in [0.15, 0.2) is 47.3 Å². The Morgan fingerprint density at radius 1 is 1.09 bits per heavy atom. The molecule has 0 radical (unpaired) electrons. The maximum absolute atomic E-state index is 12.3. The number of pyridine rings is 1. The maximum atomic E-state index is 12.3. The van der Waals surface area contributed by atoms with Crippen molar-refractivity contribution in [3.63, 3.8) is 0 Å². The molecule has 1 N–H and O–H groups in total. The molecule has 3 rings (SSSR count). The van der Waals surface area contributed by atoms with Crippen molar-refractivity contribution < 1.29 is 4.79 Å². The quantitative estimate of drug-likeness (QED) is 0.715. The summed E-state index contributed by atoms with van der Waals surface area (Å²) in [5.41, 5.74) is 3.02. The van der Waals surface area contributed by atoms with E-state index >= 15 is 0 Å². The predicted molar refractivity (Wildman–Crippen MR) is 89.8 cm³/mol. The van der Waals surface area contributed by atoms with Gasteiger partial charge in [-0.2, -0.15) is 0 Å². The molecule has 0 saturated heterocycles. The smallest absolute Gasteiger partial charge is 0.259 e. The largest absolute Gasteiger partial charge is 0.321 e. The van der Waals surface area contributed by atoms with Crippen LogP contribution in [-0.4, -0.2) is 10.8 Å². The van der Waals surface area contributed by atoms with Crippen molar-refractivity contribution in [2.75, 3.05) is 0 Å². The summed E-state index contributed by atoms with van der Waals surface area (Å²) in [5, 5.41) is 1.32. The predicted octanol–water partition coefficient (Wildman–Crippen LogP) is 4.36. The van der Waals surface area contributed by atoms with Crippen LogP contribution in [0.4, 0.5) is 0 Å². The third-order valence-electron chi connectivity index (χ3n) is 3.67. The molecular weight excluding hydrogens is 298 g/mol. The molecule has 0 bridgehead atoms. The van der Waals surface area contributed by atoms with Crippen LogP contribution in [-0.2, 0) is 0 Å². The third kappa shape index (κ3) is 2.44. The summed E-state index contributed by atoms with van der Waals surface area (Å²) in [6.45, 7) is 3.39.